The molecule has 1 aromatic carbocycles. The Hall–Kier alpha value is -2.21. The molecule has 1 amide bonds. The van der Waals surface area contributed by atoms with Gasteiger partial charge in [-0.1, -0.05) is 12.1 Å². The smallest absolute Gasteiger partial charge is 0.256 e. The number of imidazole rings is 1. The summed E-state index contributed by atoms with van der Waals surface area (Å²) in [7, 11) is 0. The lowest BCUT2D eigenvalue weighted by Crippen LogP contribution is -2.40. The van der Waals surface area contributed by atoms with Crippen molar-refractivity contribution in [1.29, 1.82) is 0 Å². The van der Waals surface area contributed by atoms with Crippen molar-refractivity contribution in [2.75, 3.05) is 13.1 Å². The zero-order valence-corrected chi connectivity index (χ0v) is 12.1. The number of nitrogens with one attached hydrogen (secondary N) is 1. The van der Waals surface area contributed by atoms with Crippen LogP contribution < -0.4 is 0 Å². The highest BCUT2D eigenvalue weighted by Gasteiger charge is 2.29. The minimum absolute atomic E-state index is 0.321. The number of aromatic amines is 1. The molecule has 0 aliphatic carbocycles. The number of aromatic nitrogens is 2. The van der Waals surface area contributed by atoms with E-state index in [0.29, 0.717) is 24.6 Å². The topological polar surface area (TPSA) is 69.2 Å². The minimum Gasteiger partial charge on any atom is -0.378 e. The molecule has 1 aliphatic heterocycles. The number of halogens is 1. The summed E-state index contributed by atoms with van der Waals surface area (Å²) in [4.78, 5) is 21.4. The lowest BCUT2D eigenvalue weighted by Gasteiger charge is -2.32. The summed E-state index contributed by atoms with van der Waals surface area (Å²) in [6, 6.07) is 5.37. The van der Waals surface area contributed by atoms with E-state index in [4.69, 9.17) is 0 Å². The average molecular weight is 303 g/mol. The number of nitrogens with zero attached hydrogens (tertiary/aromatic N) is 2. The Morgan fingerprint density at radius 3 is 2.59 bits per heavy atom. The van der Waals surface area contributed by atoms with Crippen LogP contribution in [0.15, 0.2) is 36.7 Å². The highest BCUT2D eigenvalue weighted by atomic mass is 19.1. The summed E-state index contributed by atoms with van der Waals surface area (Å²) in [6.45, 7) is 1.17. The van der Waals surface area contributed by atoms with E-state index in [-0.39, 0.29) is 11.7 Å². The van der Waals surface area contributed by atoms with Gasteiger partial charge < -0.3 is 15.0 Å². The quantitative estimate of drug-likeness (QED) is 0.911. The molecule has 0 bridgehead atoms. The molecule has 1 saturated heterocycles. The van der Waals surface area contributed by atoms with E-state index in [1.54, 1.807) is 17.3 Å². The van der Waals surface area contributed by atoms with Gasteiger partial charge in [0.2, 0.25) is 0 Å². The zero-order valence-electron chi connectivity index (χ0n) is 12.1. The van der Waals surface area contributed by atoms with Crippen molar-refractivity contribution in [2.24, 2.45) is 0 Å². The van der Waals surface area contributed by atoms with Crippen molar-refractivity contribution < 1.29 is 14.3 Å². The largest absolute Gasteiger partial charge is 0.378 e. The molecule has 3 rings (SSSR count). The van der Waals surface area contributed by atoms with Gasteiger partial charge in [-0.25, -0.2) is 9.37 Å². The van der Waals surface area contributed by atoms with Crippen LogP contribution in [-0.2, 0) is 4.79 Å². The van der Waals surface area contributed by atoms with Crippen molar-refractivity contribution in [3.63, 3.8) is 0 Å². The van der Waals surface area contributed by atoms with E-state index >= 15 is 0 Å². The van der Waals surface area contributed by atoms with E-state index in [0.717, 1.165) is 18.7 Å². The maximum absolute atomic E-state index is 12.9. The number of hydrogen-bond acceptors (Lipinski definition) is 3. The van der Waals surface area contributed by atoms with Crippen LogP contribution in [0.4, 0.5) is 4.39 Å². The van der Waals surface area contributed by atoms with Gasteiger partial charge in [0.05, 0.1) is 0 Å². The van der Waals surface area contributed by atoms with Gasteiger partial charge in [-0.15, -0.1) is 0 Å². The van der Waals surface area contributed by atoms with Crippen molar-refractivity contribution in [3.8, 4) is 0 Å². The molecule has 0 spiro atoms. The molecule has 0 radical (unpaired) electrons. The molecule has 6 heteroatoms. The summed E-state index contributed by atoms with van der Waals surface area (Å²) in [6.07, 6.45) is 3.92. The second-order valence-corrected chi connectivity index (χ2v) is 5.53. The SMILES string of the molecule is O=C(C(O)c1ccc(F)cc1)N1CCC(c2ncc[nH]2)CC1. The van der Waals surface area contributed by atoms with Gasteiger partial charge in [0.1, 0.15) is 11.6 Å². The van der Waals surface area contributed by atoms with Crippen LogP contribution in [0.2, 0.25) is 0 Å². The van der Waals surface area contributed by atoms with Gasteiger partial charge in [-0.05, 0) is 30.5 Å². The van der Waals surface area contributed by atoms with E-state index in [9.17, 15) is 14.3 Å². The van der Waals surface area contributed by atoms with Crippen LogP contribution in [0.25, 0.3) is 0 Å². The van der Waals surface area contributed by atoms with Crippen LogP contribution in [0.5, 0.6) is 0 Å². The number of piperidine rings is 1. The number of hydrogen-bond donors (Lipinski definition) is 2. The van der Waals surface area contributed by atoms with Crippen LogP contribution in [0.3, 0.4) is 0 Å². The van der Waals surface area contributed by atoms with Gasteiger partial charge in [-0.3, -0.25) is 4.79 Å². The van der Waals surface area contributed by atoms with Gasteiger partial charge >= 0.3 is 0 Å². The standard InChI is InChI=1S/C16H18FN3O2/c17-13-3-1-11(2-4-13)14(21)16(22)20-9-5-12(6-10-20)15-18-7-8-19-15/h1-4,7-8,12,14,21H,5-6,9-10H2,(H,18,19). The Kier molecular flexibility index (Phi) is 4.20. The first-order valence-corrected chi connectivity index (χ1v) is 7.37. The van der Waals surface area contributed by atoms with Crippen LogP contribution in [0.1, 0.15) is 36.3 Å². The summed E-state index contributed by atoms with van der Waals surface area (Å²) in [5, 5.41) is 10.1. The lowest BCUT2D eigenvalue weighted by molar-refractivity contribution is -0.141. The Labute approximate surface area is 127 Å². The van der Waals surface area contributed by atoms with Crippen molar-refractivity contribution in [3.05, 3.63) is 53.9 Å². The van der Waals surface area contributed by atoms with Crippen LogP contribution in [0, 0.1) is 5.82 Å². The summed E-state index contributed by atoms with van der Waals surface area (Å²) < 4.78 is 12.9. The lowest BCUT2D eigenvalue weighted by atomic mass is 9.95. The average Bonchev–Trinajstić information content (AvgIpc) is 3.09. The molecule has 2 N–H and O–H groups in total. The second kappa shape index (κ2) is 6.27. The highest BCUT2D eigenvalue weighted by molar-refractivity contribution is 5.82. The number of amides is 1. The maximum Gasteiger partial charge on any atom is 0.256 e. The van der Waals surface area contributed by atoms with Crippen molar-refractivity contribution in [1.82, 2.24) is 14.9 Å². The molecule has 2 aromatic rings. The molecule has 0 saturated carbocycles. The summed E-state index contributed by atoms with van der Waals surface area (Å²) >= 11 is 0. The minimum atomic E-state index is -1.24. The molecule has 1 fully saturated rings. The summed E-state index contributed by atoms with van der Waals surface area (Å²) in [5.74, 6) is 0.556. The molecule has 1 aliphatic rings. The van der Waals surface area contributed by atoms with E-state index < -0.39 is 6.10 Å². The third-order valence-corrected chi connectivity index (χ3v) is 4.13. The van der Waals surface area contributed by atoms with Gasteiger partial charge in [0.25, 0.3) is 5.91 Å². The number of H-pyrrole nitrogens is 1. The van der Waals surface area contributed by atoms with E-state index in [1.807, 2.05) is 0 Å². The number of carbonyl (C=O) groups is 1. The molecule has 2 heterocycles. The Morgan fingerprint density at radius 2 is 2.00 bits per heavy atom. The predicted octanol–water partition coefficient (Wildman–Crippen LogP) is 1.99. The number of likely N-dealkylation sites (tertiary alicyclic amines) is 1. The van der Waals surface area contributed by atoms with Crippen molar-refractivity contribution >= 4 is 5.91 Å². The molecular formula is C16H18FN3O2. The zero-order chi connectivity index (χ0) is 15.5. The molecule has 1 unspecified atom stereocenters. The number of aliphatic hydroxyl groups is 1. The molecule has 22 heavy (non-hydrogen) atoms. The first kappa shape index (κ1) is 14.7. The van der Waals surface area contributed by atoms with Gasteiger partial charge in [-0.2, -0.15) is 0 Å². The third-order valence-electron chi connectivity index (χ3n) is 4.13. The van der Waals surface area contributed by atoms with Crippen molar-refractivity contribution in [2.45, 2.75) is 24.9 Å². The molecule has 5 nitrogen and oxygen atoms in total. The molecule has 1 aromatic heterocycles. The normalized spacial score (nSPS) is 17.5. The molecule has 116 valence electrons. The fourth-order valence-corrected chi connectivity index (χ4v) is 2.83. The number of rotatable bonds is 3. The van der Waals surface area contributed by atoms with E-state index in [1.165, 1.54) is 24.3 Å². The summed E-state index contributed by atoms with van der Waals surface area (Å²) in [5.41, 5.74) is 0.416. The first-order chi connectivity index (χ1) is 10.6. The number of aliphatic hydroxyl groups excluding tert-OH is 1. The van der Waals surface area contributed by atoms with Gasteiger partial charge in [0, 0.05) is 31.4 Å². The molecule has 1 atom stereocenters. The third kappa shape index (κ3) is 3.01. The fourth-order valence-electron chi connectivity index (χ4n) is 2.83. The molecular weight excluding hydrogens is 285 g/mol. The van der Waals surface area contributed by atoms with Crippen LogP contribution in [-0.4, -0.2) is 39.0 Å². The maximum atomic E-state index is 12.9. The Balaban J connectivity index is 1.60. The fraction of sp³-hybridized carbons (Fsp3) is 0.375. The monoisotopic (exact) mass is 303 g/mol. The van der Waals surface area contributed by atoms with Gasteiger partial charge in [0.15, 0.2) is 6.10 Å². The Morgan fingerprint density at radius 1 is 1.32 bits per heavy atom. The second-order valence-electron chi connectivity index (χ2n) is 5.53. The highest BCUT2D eigenvalue weighted by Crippen LogP contribution is 2.27. The van der Waals surface area contributed by atoms with E-state index in [2.05, 4.69) is 9.97 Å². The first-order valence-electron chi connectivity index (χ1n) is 7.37. The number of benzene rings is 1. The Bertz CT molecular complexity index is 619. The predicted molar refractivity (Wildman–Crippen MR) is 78.5 cm³/mol. The van der Waals surface area contributed by atoms with Crippen LogP contribution >= 0.6 is 0 Å². The number of carbonyl (C=O) groups excluding carboxylic acids is 1.